The summed E-state index contributed by atoms with van der Waals surface area (Å²) in [5.41, 5.74) is 5.24. The third-order valence-corrected chi connectivity index (χ3v) is 8.26. The first kappa shape index (κ1) is 27.0. The number of nitrogens with zero attached hydrogens (tertiary/aromatic N) is 3. The number of rotatable bonds is 10. The first-order chi connectivity index (χ1) is 17.4. The van der Waals surface area contributed by atoms with Crippen LogP contribution in [0.3, 0.4) is 0 Å². The highest BCUT2D eigenvalue weighted by Crippen LogP contribution is 2.38. The molecule has 0 unspecified atom stereocenters. The Morgan fingerprint density at radius 3 is 2.42 bits per heavy atom. The second-order valence-electron chi connectivity index (χ2n) is 9.92. The van der Waals surface area contributed by atoms with E-state index in [1.54, 1.807) is 23.5 Å². The molecule has 1 aliphatic heterocycles. The number of benzene rings is 2. The van der Waals surface area contributed by atoms with Crippen LogP contribution in [0.5, 0.6) is 0 Å². The standard InChI is InChI=1S/C28H38N4O2S2/c1-19(2)21-10-11-24(35-5)26(20(3)4)27(21)30-25(33)18-32-14-12-31(13-15-32)16-17-36-28-29-22-8-6-7-9-23(22)34-28/h6-11,19-20H,12-18H2,1-5H3,(H,30,33). The highest BCUT2D eigenvalue weighted by molar-refractivity contribution is 7.99. The van der Waals surface area contributed by atoms with Crippen LogP contribution in [0, 0.1) is 0 Å². The maximum atomic E-state index is 13.1. The Bertz CT molecular complexity index is 1140. The molecule has 8 heteroatoms. The predicted molar refractivity (Wildman–Crippen MR) is 153 cm³/mol. The fourth-order valence-corrected chi connectivity index (χ4v) is 6.31. The molecule has 1 aromatic heterocycles. The summed E-state index contributed by atoms with van der Waals surface area (Å²) in [6.45, 7) is 14.0. The summed E-state index contributed by atoms with van der Waals surface area (Å²) in [6.07, 6.45) is 2.10. The summed E-state index contributed by atoms with van der Waals surface area (Å²) < 4.78 is 5.81. The topological polar surface area (TPSA) is 61.6 Å². The Morgan fingerprint density at radius 1 is 1.03 bits per heavy atom. The van der Waals surface area contributed by atoms with Gasteiger partial charge in [0.15, 0.2) is 5.58 Å². The van der Waals surface area contributed by atoms with Crippen LogP contribution in [0.4, 0.5) is 5.69 Å². The van der Waals surface area contributed by atoms with Crippen LogP contribution < -0.4 is 5.32 Å². The number of thioether (sulfide) groups is 2. The van der Waals surface area contributed by atoms with Gasteiger partial charge in [0.05, 0.1) is 6.54 Å². The van der Waals surface area contributed by atoms with E-state index in [0.717, 1.165) is 60.5 Å². The summed E-state index contributed by atoms with van der Waals surface area (Å²) in [6, 6.07) is 12.3. The Labute approximate surface area is 223 Å². The maximum absolute atomic E-state index is 13.1. The van der Waals surface area contributed by atoms with Gasteiger partial charge in [0, 0.05) is 49.1 Å². The van der Waals surface area contributed by atoms with Gasteiger partial charge in [-0.3, -0.25) is 14.6 Å². The molecular weight excluding hydrogens is 488 g/mol. The number of piperazine rings is 1. The van der Waals surface area contributed by atoms with Crippen LogP contribution in [0.2, 0.25) is 0 Å². The van der Waals surface area contributed by atoms with Crippen molar-refractivity contribution in [2.75, 3.05) is 56.6 Å². The molecule has 0 bridgehead atoms. The van der Waals surface area contributed by atoms with Crippen molar-refractivity contribution < 1.29 is 9.21 Å². The Hall–Kier alpha value is -2.00. The maximum Gasteiger partial charge on any atom is 0.256 e. The molecule has 1 N–H and O–H groups in total. The molecule has 6 nitrogen and oxygen atoms in total. The molecule has 2 aromatic carbocycles. The summed E-state index contributed by atoms with van der Waals surface area (Å²) in [7, 11) is 0. The summed E-state index contributed by atoms with van der Waals surface area (Å²) in [4.78, 5) is 23.6. The van der Waals surface area contributed by atoms with Gasteiger partial charge in [-0.1, -0.05) is 57.7 Å². The van der Waals surface area contributed by atoms with Gasteiger partial charge in [-0.15, -0.1) is 11.8 Å². The Balaban J connectivity index is 1.27. The summed E-state index contributed by atoms with van der Waals surface area (Å²) in [5, 5.41) is 4.05. The monoisotopic (exact) mass is 526 g/mol. The second kappa shape index (κ2) is 12.5. The van der Waals surface area contributed by atoms with Gasteiger partial charge in [0.1, 0.15) is 5.52 Å². The zero-order valence-corrected chi connectivity index (χ0v) is 23.7. The van der Waals surface area contributed by atoms with E-state index in [-0.39, 0.29) is 5.91 Å². The molecule has 0 spiro atoms. The molecule has 0 radical (unpaired) electrons. The van der Waals surface area contributed by atoms with Crippen LogP contribution in [-0.2, 0) is 4.79 Å². The van der Waals surface area contributed by atoms with Crippen molar-refractivity contribution in [1.82, 2.24) is 14.8 Å². The van der Waals surface area contributed by atoms with Crippen LogP contribution in [-0.4, -0.2) is 72.0 Å². The number of nitrogens with one attached hydrogen (secondary N) is 1. The molecule has 0 atom stereocenters. The fourth-order valence-electron chi connectivity index (χ4n) is 4.72. The molecule has 194 valence electrons. The van der Waals surface area contributed by atoms with E-state index in [0.29, 0.717) is 18.4 Å². The molecule has 0 aliphatic carbocycles. The van der Waals surface area contributed by atoms with E-state index < -0.39 is 0 Å². The van der Waals surface area contributed by atoms with E-state index in [9.17, 15) is 4.79 Å². The zero-order chi connectivity index (χ0) is 25.7. The number of oxazole rings is 1. The van der Waals surface area contributed by atoms with Crippen molar-refractivity contribution in [3.63, 3.8) is 0 Å². The van der Waals surface area contributed by atoms with Crippen molar-refractivity contribution in [1.29, 1.82) is 0 Å². The molecule has 1 fully saturated rings. The highest BCUT2D eigenvalue weighted by Gasteiger charge is 2.22. The lowest BCUT2D eigenvalue weighted by atomic mass is 9.92. The molecule has 1 amide bonds. The minimum atomic E-state index is 0.0806. The average Bonchev–Trinajstić information content (AvgIpc) is 3.27. The van der Waals surface area contributed by atoms with Crippen molar-refractivity contribution in [2.45, 2.75) is 49.6 Å². The third kappa shape index (κ3) is 6.65. The molecule has 1 aliphatic rings. The number of amides is 1. The van der Waals surface area contributed by atoms with Crippen LogP contribution in [0.15, 0.2) is 50.9 Å². The largest absolute Gasteiger partial charge is 0.431 e. The molecule has 1 saturated heterocycles. The quantitative estimate of drug-likeness (QED) is 0.318. The van der Waals surface area contributed by atoms with Gasteiger partial charge >= 0.3 is 0 Å². The van der Waals surface area contributed by atoms with Gasteiger partial charge in [0.25, 0.3) is 5.22 Å². The summed E-state index contributed by atoms with van der Waals surface area (Å²) in [5.74, 6) is 1.72. The van der Waals surface area contributed by atoms with E-state index in [1.807, 2.05) is 24.3 Å². The van der Waals surface area contributed by atoms with E-state index in [1.165, 1.54) is 16.0 Å². The molecule has 3 aromatic rings. The molecule has 2 heterocycles. The Kier molecular flexibility index (Phi) is 9.39. The number of anilines is 1. The number of carbonyl (C=O) groups is 1. The molecule has 4 rings (SSSR count). The lowest BCUT2D eigenvalue weighted by Crippen LogP contribution is -2.49. The molecule has 0 saturated carbocycles. The predicted octanol–water partition coefficient (Wildman–Crippen LogP) is 6.14. The minimum absolute atomic E-state index is 0.0806. The van der Waals surface area contributed by atoms with Crippen molar-refractivity contribution >= 4 is 46.2 Å². The van der Waals surface area contributed by atoms with Gasteiger partial charge in [-0.05, 0) is 47.4 Å². The smallest absolute Gasteiger partial charge is 0.256 e. The first-order valence-corrected chi connectivity index (χ1v) is 15.0. The van der Waals surface area contributed by atoms with E-state index >= 15 is 0 Å². The number of carbonyl (C=O) groups excluding carboxylic acids is 1. The van der Waals surface area contributed by atoms with Crippen LogP contribution >= 0.6 is 23.5 Å². The molecular formula is C28H38N4O2S2. The van der Waals surface area contributed by atoms with Crippen molar-refractivity contribution in [2.24, 2.45) is 0 Å². The number of fused-ring (bicyclic) bond motifs is 1. The lowest BCUT2D eigenvalue weighted by molar-refractivity contribution is -0.117. The number of aromatic nitrogens is 1. The number of hydrogen-bond donors (Lipinski definition) is 1. The number of para-hydroxylation sites is 2. The van der Waals surface area contributed by atoms with Gasteiger partial charge in [-0.25, -0.2) is 4.98 Å². The van der Waals surface area contributed by atoms with Gasteiger partial charge in [-0.2, -0.15) is 0 Å². The third-order valence-electron chi connectivity index (χ3n) is 6.66. The molecule has 36 heavy (non-hydrogen) atoms. The van der Waals surface area contributed by atoms with Crippen LogP contribution in [0.25, 0.3) is 11.1 Å². The normalized spacial score (nSPS) is 15.3. The second-order valence-corrected chi connectivity index (χ2v) is 11.8. The van der Waals surface area contributed by atoms with Crippen LogP contribution in [0.1, 0.15) is 50.7 Å². The van der Waals surface area contributed by atoms with Crippen molar-refractivity contribution in [3.8, 4) is 0 Å². The summed E-state index contributed by atoms with van der Waals surface area (Å²) >= 11 is 3.41. The number of hydrogen-bond acceptors (Lipinski definition) is 7. The Morgan fingerprint density at radius 2 is 1.75 bits per heavy atom. The SMILES string of the molecule is CSc1ccc(C(C)C)c(NC(=O)CN2CCN(CCSc3nc4ccccc4o3)CC2)c1C(C)C. The van der Waals surface area contributed by atoms with E-state index in [4.69, 9.17) is 4.42 Å². The lowest BCUT2D eigenvalue weighted by Gasteiger charge is -2.34. The van der Waals surface area contributed by atoms with E-state index in [2.05, 4.69) is 66.2 Å². The van der Waals surface area contributed by atoms with Gasteiger partial charge < -0.3 is 9.73 Å². The highest BCUT2D eigenvalue weighted by atomic mass is 32.2. The van der Waals surface area contributed by atoms with Crippen molar-refractivity contribution in [3.05, 3.63) is 47.5 Å². The average molecular weight is 527 g/mol. The van der Waals surface area contributed by atoms with Gasteiger partial charge in [0.2, 0.25) is 5.91 Å². The zero-order valence-electron chi connectivity index (χ0n) is 22.0. The fraction of sp³-hybridized carbons (Fsp3) is 0.500. The minimum Gasteiger partial charge on any atom is -0.431 e. The first-order valence-electron chi connectivity index (χ1n) is 12.8.